The molecule has 0 radical (unpaired) electrons. The maximum Gasteiger partial charge on any atom is 0.311 e. The molecule has 140 valence electrons. The fourth-order valence-corrected chi connectivity index (χ4v) is 2.74. The van der Waals surface area contributed by atoms with Gasteiger partial charge in [-0.3, -0.25) is 10.2 Å². The summed E-state index contributed by atoms with van der Waals surface area (Å²) in [6.07, 6.45) is 1.89. The standard InChI is InChI=1S/C18H23N3O4S/c1-5-24-17(22)9-14-11-26-18(20-14)21-19-10-13-6-7-15(25-12(2)3)16(8-13)23-4/h6-8,10-12H,5,9H2,1-4H3,(H,20,21)/b19-10+. The number of methoxy groups -OCH3 is 1. The molecule has 0 aliphatic heterocycles. The van der Waals surface area contributed by atoms with Crippen molar-refractivity contribution in [2.75, 3.05) is 19.1 Å². The number of hydrogen-bond donors (Lipinski definition) is 1. The lowest BCUT2D eigenvalue weighted by Gasteiger charge is -2.13. The number of nitrogens with one attached hydrogen (secondary N) is 1. The second-order valence-corrected chi connectivity index (χ2v) is 6.43. The Labute approximate surface area is 157 Å². The maximum absolute atomic E-state index is 11.4. The first kappa shape index (κ1) is 19.7. The summed E-state index contributed by atoms with van der Waals surface area (Å²) in [6, 6.07) is 5.58. The van der Waals surface area contributed by atoms with Gasteiger partial charge in [-0.15, -0.1) is 11.3 Å². The lowest BCUT2D eigenvalue weighted by molar-refractivity contribution is -0.142. The molecule has 7 nitrogen and oxygen atoms in total. The number of ether oxygens (including phenoxy) is 3. The molecule has 0 saturated carbocycles. The van der Waals surface area contributed by atoms with E-state index >= 15 is 0 Å². The van der Waals surface area contributed by atoms with Crippen molar-refractivity contribution in [3.05, 3.63) is 34.8 Å². The Morgan fingerprint density at radius 3 is 2.88 bits per heavy atom. The monoisotopic (exact) mass is 377 g/mol. The maximum atomic E-state index is 11.4. The second-order valence-electron chi connectivity index (χ2n) is 5.57. The molecule has 0 fully saturated rings. The normalized spacial score (nSPS) is 11.0. The van der Waals surface area contributed by atoms with E-state index in [1.807, 2.05) is 32.0 Å². The van der Waals surface area contributed by atoms with Gasteiger partial charge in [0.05, 0.1) is 38.1 Å². The summed E-state index contributed by atoms with van der Waals surface area (Å²) in [5.74, 6) is 1.05. The van der Waals surface area contributed by atoms with Crippen molar-refractivity contribution in [2.45, 2.75) is 33.3 Å². The van der Waals surface area contributed by atoms with Crippen LogP contribution in [0.3, 0.4) is 0 Å². The van der Waals surface area contributed by atoms with E-state index in [0.29, 0.717) is 28.9 Å². The van der Waals surface area contributed by atoms with Crippen molar-refractivity contribution in [3.63, 3.8) is 0 Å². The van der Waals surface area contributed by atoms with Crippen molar-refractivity contribution in [1.29, 1.82) is 0 Å². The van der Waals surface area contributed by atoms with Gasteiger partial charge in [-0.25, -0.2) is 4.98 Å². The number of esters is 1. The Hall–Kier alpha value is -2.61. The zero-order chi connectivity index (χ0) is 18.9. The van der Waals surface area contributed by atoms with E-state index in [-0.39, 0.29) is 18.5 Å². The molecule has 1 aromatic carbocycles. The predicted molar refractivity (Wildman–Crippen MR) is 102 cm³/mol. The summed E-state index contributed by atoms with van der Waals surface area (Å²) in [5, 5.41) is 6.57. The second kappa shape index (κ2) is 9.76. The van der Waals surface area contributed by atoms with Gasteiger partial charge in [0.15, 0.2) is 11.5 Å². The SMILES string of the molecule is CCOC(=O)Cc1csc(N/N=C/c2ccc(OC(C)C)c(OC)c2)n1. The molecular formula is C18H23N3O4S. The van der Waals surface area contributed by atoms with Gasteiger partial charge in [0, 0.05) is 5.38 Å². The van der Waals surface area contributed by atoms with E-state index in [1.54, 1.807) is 25.6 Å². The Morgan fingerprint density at radius 1 is 1.38 bits per heavy atom. The van der Waals surface area contributed by atoms with Crippen molar-refractivity contribution in [3.8, 4) is 11.5 Å². The largest absolute Gasteiger partial charge is 0.493 e. The first-order valence-corrected chi connectivity index (χ1v) is 9.13. The molecule has 0 bridgehead atoms. The number of hydrogen-bond acceptors (Lipinski definition) is 8. The van der Waals surface area contributed by atoms with Crippen LogP contribution in [-0.2, 0) is 16.0 Å². The molecule has 2 aromatic rings. The lowest BCUT2D eigenvalue weighted by atomic mass is 10.2. The number of benzene rings is 1. The van der Waals surface area contributed by atoms with Crippen LogP contribution >= 0.6 is 11.3 Å². The highest BCUT2D eigenvalue weighted by atomic mass is 32.1. The molecule has 0 atom stereocenters. The fraction of sp³-hybridized carbons (Fsp3) is 0.389. The Bertz CT molecular complexity index is 759. The van der Waals surface area contributed by atoms with Gasteiger partial charge < -0.3 is 14.2 Å². The molecule has 1 heterocycles. The molecule has 2 rings (SSSR count). The number of carbonyl (C=O) groups is 1. The van der Waals surface area contributed by atoms with Gasteiger partial charge in [0.25, 0.3) is 0 Å². The van der Waals surface area contributed by atoms with Crippen LogP contribution in [0.15, 0.2) is 28.7 Å². The molecule has 8 heteroatoms. The highest BCUT2D eigenvalue weighted by Gasteiger charge is 2.08. The summed E-state index contributed by atoms with van der Waals surface area (Å²) in [6.45, 7) is 6.06. The Morgan fingerprint density at radius 2 is 2.19 bits per heavy atom. The van der Waals surface area contributed by atoms with Gasteiger partial charge in [-0.2, -0.15) is 5.10 Å². The summed E-state index contributed by atoms with van der Waals surface area (Å²) < 4.78 is 15.9. The highest BCUT2D eigenvalue weighted by Crippen LogP contribution is 2.28. The number of rotatable bonds is 9. The molecular weight excluding hydrogens is 354 g/mol. The van der Waals surface area contributed by atoms with Crippen molar-refractivity contribution in [1.82, 2.24) is 4.98 Å². The lowest BCUT2D eigenvalue weighted by Crippen LogP contribution is -2.07. The zero-order valence-corrected chi connectivity index (χ0v) is 16.1. The minimum absolute atomic E-state index is 0.0683. The van der Waals surface area contributed by atoms with Gasteiger partial charge >= 0.3 is 5.97 Å². The summed E-state index contributed by atoms with van der Waals surface area (Å²) >= 11 is 1.37. The van der Waals surface area contributed by atoms with Crippen LogP contribution in [0.5, 0.6) is 11.5 Å². The number of nitrogens with zero attached hydrogens (tertiary/aromatic N) is 2. The first-order valence-electron chi connectivity index (χ1n) is 8.25. The minimum Gasteiger partial charge on any atom is -0.493 e. The van der Waals surface area contributed by atoms with Crippen LogP contribution < -0.4 is 14.9 Å². The summed E-state index contributed by atoms with van der Waals surface area (Å²) in [7, 11) is 1.60. The van der Waals surface area contributed by atoms with Gasteiger partial charge in [0.2, 0.25) is 5.13 Å². The van der Waals surface area contributed by atoms with E-state index in [2.05, 4.69) is 15.5 Å². The van der Waals surface area contributed by atoms with E-state index < -0.39 is 0 Å². The number of carbonyl (C=O) groups excluding carboxylic acids is 1. The third kappa shape index (κ3) is 6.03. The van der Waals surface area contributed by atoms with E-state index in [0.717, 1.165) is 5.56 Å². The molecule has 0 amide bonds. The van der Waals surface area contributed by atoms with E-state index in [4.69, 9.17) is 14.2 Å². The molecule has 0 unspecified atom stereocenters. The smallest absolute Gasteiger partial charge is 0.311 e. The fourth-order valence-electron chi connectivity index (χ4n) is 2.08. The third-order valence-corrected chi connectivity index (χ3v) is 3.90. The molecule has 0 spiro atoms. The average molecular weight is 377 g/mol. The Kier molecular flexibility index (Phi) is 7.40. The van der Waals surface area contributed by atoms with Crippen LogP contribution in [0.4, 0.5) is 5.13 Å². The molecule has 26 heavy (non-hydrogen) atoms. The molecule has 0 aliphatic rings. The first-order chi connectivity index (χ1) is 12.5. The van der Waals surface area contributed by atoms with Crippen LogP contribution in [0.25, 0.3) is 0 Å². The van der Waals surface area contributed by atoms with Crippen molar-refractivity contribution < 1.29 is 19.0 Å². The van der Waals surface area contributed by atoms with E-state index in [1.165, 1.54) is 11.3 Å². The number of thiazole rings is 1. The average Bonchev–Trinajstić information content (AvgIpc) is 3.03. The summed E-state index contributed by atoms with van der Waals surface area (Å²) in [4.78, 5) is 15.7. The predicted octanol–water partition coefficient (Wildman–Crippen LogP) is 3.49. The topological polar surface area (TPSA) is 82.0 Å². The van der Waals surface area contributed by atoms with Gasteiger partial charge in [-0.05, 0) is 44.5 Å². The minimum atomic E-state index is -0.288. The highest BCUT2D eigenvalue weighted by molar-refractivity contribution is 7.13. The molecule has 0 aliphatic carbocycles. The van der Waals surface area contributed by atoms with Gasteiger partial charge in [0.1, 0.15) is 0 Å². The number of hydrazone groups is 1. The van der Waals surface area contributed by atoms with Crippen molar-refractivity contribution in [2.24, 2.45) is 5.10 Å². The van der Waals surface area contributed by atoms with Crippen LogP contribution in [0.1, 0.15) is 32.0 Å². The van der Waals surface area contributed by atoms with Crippen LogP contribution in [0.2, 0.25) is 0 Å². The quantitative estimate of drug-likeness (QED) is 0.409. The van der Waals surface area contributed by atoms with Crippen molar-refractivity contribution >= 4 is 28.7 Å². The van der Waals surface area contributed by atoms with E-state index in [9.17, 15) is 4.79 Å². The molecule has 0 saturated heterocycles. The van der Waals surface area contributed by atoms with Gasteiger partial charge in [-0.1, -0.05) is 0 Å². The van der Waals surface area contributed by atoms with Crippen LogP contribution in [-0.4, -0.2) is 37.0 Å². The Balaban J connectivity index is 1.96. The van der Waals surface area contributed by atoms with Crippen LogP contribution in [0, 0.1) is 0 Å². The molecule has 1 aromatic heterocycles. The number of anilines is 1. The number of aromatic nitrogens is 1. The summed E-state index contributed by atoms with van der Waals surface area (Å²) in [5.41, 5.74) is 4.37. The third-order valence-electron chi connectivity index (χ3n) is 3.11. The zero-order valence-electron chi connectivity index (χ0n) is 15.3. The molecule has 1 N–H and O–H groups in total.